The lowest BCUT2D eigenvalue weighted by atomic mass is 9.89. The van der Waals surface area contributed by atoms with Gasteiger partial charge in [0.25, 0.3) is 0 Å². The second-order valence-corrected chi connectivity index (χ2v) is 10.6. The van der Waals surface area contributed by atoms with Crippen molar-refractivity contribution in [1.82, 2.24) is 9.88 Å². The maximum atomic E-state index is 12.4. The minimum absolute atomic E-state index is 0.300. The molecule has 1 aromatic carbocycles. The van der Waals surface area contributed by atoms with Crippen molar-refractivity contribution in [2.24, 2.45) is 0 Å². The van der Waals surface area contributed by atoms with E-state index in [2.05, 4.69) is 60.6 Å². The van der Waals surface area contributed by atoms with Gasteiger partial charge in [-0.1, -0.05) is 81.5 Å². The zero-order valence-electron chi connectivity index (χ0n) is 23.9. The van der Waals surface area contributed by atoms with Crippen molar-refractivity contribution in [3.05, 3.63) is 60.3 Å². The second kappa shape index (κ2) is 18.3. The quantitative estimate of drug-likeness (QED) is 0.0949. The SMILES string of the molecule is CCCCC/C=C\C/C=C\CCCCCCCC(=O)OCOC(=O)N1CCC(c2c[nH]c3ccccc23)CC1. The number of aromatic nitrogens is 1. The number of carbonyl (C=O) groups excluding carboxylic acids is 2. The van der Waals surface area contributed by atoms with E-state index in [0.717, 1.165) is 50.5 Å². The third-order valence-electron chi connectivity index (χ3n) is 7.55. The fourth-order valence-electron chi connectivity index (χ4n) is 5.19. The van der Waals surface area contributed by atoms with Gasteiger partial charge in [0.2, 0.25) is 6.79 Å². The lowest BCUT2D eigenvalue weighted by molar-refractivity contribution is -0.152. The Kier molecular flexibility index (Phi) is 14.3. The molecule has 0 atom stereocenters. The summed E-state index contributed by atoms with van der Waals surface area (Å²) in [6.45, 7) is 3.21. The number of nitrogens with zero attached hydrogens (tertiary/aromatic N) is 1. The molecule has 6 nitrogen and oxygen atoms in total. The highest BCUT2D eigenvalue weighted by atomic mass is 16.7. The van der Waals surface area contributed by atoms with Crippen LogP contribution in [0.2, 0.25) is 0 Å². The number of aromatic amines is 1. The highest BCUT2D eigenvalue weighted by Crippen LogP contribution is 2.33. The fourth-order valence-corrected chi connectivity index (χ4v) is 5.19. The van der Waals surface area contributed by atoms with Crippen LogP contribution < -0.4 is 0 Å². The number of rotatable bonds is 17. The molecule has 1 aliphatic heterocycles. The highest BCUT2D eigenvalue weighted by Gasteiger charge is 2.26. The number of hydrogen-bond acceptors (Lipinski definition) is 4. The van der Waals surface area contributed by atoms with E-state index in [4.69, 9.17) is 9.47 Å². The first-order chi connectivity index (χ1) is 19.2. The third-order valence-corrected chi connectivity index (χ3v) is 7.55. The molecule has 0 radical (unpaired) electrons. The van der Waals surface area contributed by atoms with Gasteiger partial charge in [0.1, 0.15) is 0 Å². The molecule has 0 spiro atoms. The zero-order valence-corrected chi connectivity index (χ0v) is 23.9. The first kappa shape index (κ1) is 30.5. The van der Waals surface area contributed by atoms with E-state index in [1.165, 1.54) is 49.5 Å². The maximum Gasteiger partial charge on any atom is 0.412 e. The molecule has 6 heteroatoms. The molecule has 1 aliphatic rings. The second-order valence-electron chi connectivity index (χ2n) is 10.6. The molecule has 2 aromatic rings. The van der Waals surface area contributed by atoms with Crippen molar-refractivity contribution in [2.75, 3.05) is 19.9 Å². The lowest BCUT2D eigenvalue weighted by Gasteiger charge is -2.31. The van der Waals surface area contributed by atoms with Crippen molar-refractivity contribution >= 4 is 23.0 Å². The number of fused-ring (bicyclic) bond motifs is 1. The van der Waals surface area contributed by atoms with Gasteiger partial charge in [-0.15, -0.1) is 0 Å². The van der Waals surface area contributed by atoms with Gasteiger partial charge >= 0.3 is 12.1 Å². The molecule has 0 bridgehead atoms. The van der Waals surface area contributed by atoms with Crippen LogP contribution in [0.15, 0.2) is 54.8 Å². The molecule has 214 valence electrons. The van der Waals surface area contributed by atoms with E-state index >= 15 is 0 Å². The van der Waals surface area contributed by atoms with Crippen LogP contribution in [0, 0.1) is 0 Å². The number of hydrogen-bond donors (Lipinski definition) is 1. The Morgan fingerprint density at radius 2 is 1.59 bits per heavy atom. The Labute approximate surface area is 234 Å². The van der Waals surface area contributed by atoms with E-state index in [1.807, 2.05) is 6.07 Å². The smallest absolute Gasteiger partial charge is 0.412 e. The number of piperidine rings is 1. The molecule has 0 unspecified atom stereocenters. The number of benzene rings is 1. The average Bonchev–Trinajstić information content (AvgIpc) is 3.39. The summed E-state index contributed by atoms with van der Waals surface area (Å²) in [4.78, 5) is 29.4. The Balaban J connectivity index is 1.15. The van der Waals surface area contributed by atoms with Gasteiger partial charge in [-0.3, -0.25) is 4.79 Å². The first-order valence-corrected chi connectivity index (χ1v) is 15.1. The van der Waals surface area contributed by atoms with Gasteiger partial charge in [0.15, 0.2) is 0 Å². The third kappa shape index (κ3) is 11.3. The van der Waals surface area contributed by atoms with Crippen LogP contribution in [0.3, 0.4) is 0 Å². The Morgan fingerprint density at radius 3 is 2.36 bits per heavy atom. The number of nitrogens with one attached hydrogen (secondary N) is 1. The van der Waals surface area contributed by atoms with Gasteiger partial charge in [-0.05, 0) is 68.9 Å². The van der Waals surface area contributed by atoms with E-state index in [1.54, 1.807) is 4.90 Å². The number of allylic oxidation sites excluding steroid dienone is 4. The molecule has 1 amide bonds. The van der Waals surface area contributed by atoms with E-state index in [0.29, 0.717) is 25.4 Å². The molecule has 3 rings (SSSR count). The van der Waals surface area contributed by atoms with Crippen molar-refractivity contribution < 1.29 is 19.1 Å². The molecule has 2 heterocycles. The topological polar surface area (TPSA) is 71.6 Å². The fraction of sp³-hybridized carbons (Fsp3) is 0.576. The number of unbranched alkanes of at least 4 members (excludes halogenated alkanes) is 8. The van der Waals surface area contributed by atoms with Gasteiger partial charge in [-0.2, -0.15) is 0 Å². The minimum Gasteiger partial charge on any atom is -0.428 e. The molecule has 1 aromatic heterocycles. The van der Waals surface area contributed by atoms with Crippen LogP contribution in [0.1, 0.15) is 108 Å². The van der Waals surface area contributed by atoms with Crippen LogP contribution in [0.5, 0.6) is 0 Å². The van der Waals surface area contributed by atoms with Crippen molar-refractivity contribution in [3.63, 3.8) is 0 Å². The van der Waals surface area contributed by atoms with Crippen molar-refractivity contribution in [2.45, 2.75) is 103 Å². The molecule has 39 heavy (non-hydrogen) atoms. The lowest BCUT2D eigenvalue weighted by Crippen LogP contribution is -2.38. The van der Waals surface area contributed by atoms with Gasteiger partial charge in [-0.25, -0.2) is 4.79 Å². The summed E-state index contributed by atoms with van der Waals surface area (Å²) in [5, 5.41) is 1.26. The number of para-hydroxylation sites is 1. The predicted molar refractivity (Wildman–Crippen MR) is 159 cm³/mol. The standard InChI is InChI=1S/C33H48N2O4/c1-2-3-4-5-6-7-8-9-10-11-12-13-14-15-16-21-32(36)38-27-39-33(37)35-24-22-28(23-25-35)30-26-34-31-20-18-17-19-29(30)31/h6-7,9-10,17-20,26,28,34H,2-5,8,11-16,21-25,27H2,1H3/b7-6-,10-9-. The summed E-state index contributed by atoms with van der Waals surface area (Å²) in [7, 11) is 0. The molecule has 1 saturated heterocycles. The van der Waals surface area contributed by atoms with E-state index < -0.39 is 6.09 Å². The molecule has 1 fully saturated rings. The largest absolute Gasteiger partial charge is 0.428 e. The number of esters is 1. The summed E-state index contributed by atoms with van der Waals surface area (Å²) < 4.78 is 10.3. The molecule has 0 saturated carbocycles. The van der Waals surface area contributed by atoms with E-state index in [-0.39, 0.29) is 12.8 Å². The Hall–Kier alpha value is -3.02. The zero-order chi connectivity index (χ0) is 27.5. The summed E-state index contributed by atoms with van der Waals surface area (Å²) >= 11 is 0. The Bertz CT molecular complexity index is 1030. The average molecular weight is 537 g/mol. The molecule has 0 aliphatic carbocycles. The van der Waals surface area contributed by atoms with Crippen LogP contribution in [-0.2, 0) is 14.3 Å². The number of ether oxygens (including phenoxy) is 2. The Morgan fingerprint density at radius 1 is 0.897 bits per heavy atom. The van der Waals surface area contributed by atoms with Crippen molar-refractivity contribution in [1.29, 1.82) is 0 Å². The summed E-state index contributed by atoms with van der Waals surface area (Å²) in [5.41, 5.74) is 2.47. The van der Waals surface area contributed by atoms with Crippen LogP contribution in [-0.4, -0.2) is 41.8 Å². The number of carbonyl (C=O) groups is 2. The molecular formula is C33H48N2O4. The summed E-state index contributed by atoms with van der Waals surface area (Å²) in [6.07, 6.45) is 25.5. The van der Waals surface area contributed by atoms with Crippen molar-refractivity contribution in [3.8, 4) is 0 Å². The summed E-state index contributed by atoms with van der Waals surface area (Å²) in [6, 6.07) is 8.32. The van der Waals surface area contributed by atoms with Crippen LogP contribution in [0.25, 0.3) is 10.9 Å². The predicted octanol–water partition coefficient (Wildman–Crippen LogP) is 8.80. The molecular weight excluding hydrogens is 488 g/mol. The highest BCUT2D eigenvalue weighted by molar-refractivity contribution is 5.83. The normalized spacial score (nSPS) is 14.5. The maximum absolute atomic E-state index is 12.4. The van der Waals surface area contributed by atoms with Crippen LogP contribution in [0.4, 0.5) is 4.79 Å². The number of likely N-dealkylation sites (tertiary alicyclic amines) is 1. The van der Waals surface area contributed by atoms with E-state index in [9.17, 15) is 9.59 Å². The van der Waals surface area contributed by atoms with Gasteiger partial charge in [0, 0.05) is 36.6 Å². The van der Waals surface area contributed by atoms with Gasteiger partial charge < -0.3 is 19.4 Å². The van der Waals surface area contributed by atoms with Gasteiger partial charge in [0.05, 0.1) is 0 Å². The number of amides is 1. The molecule has 1 N–H and O–H groups in total. The monoisotopic (exact) mass is 536 g/mol. The van der Waals surface area contributed by atoms with Crippen LogP contribution >= 0.6 is 0 Å². The first-order valence-electron chi connectivity index (χ1n) is 15.1. The summed E-state index contributed by atoms with van der Waals surface area (Å²) in [5.74, 6) is 0.123. The number of H-pyrrole nitrogens is 1. The minimum atomic E-state index is -0.405.